The summed E-state index contributed by atoms with van der Waals surface area (Å²) in [6, 6.07) is -0.396. The van der Waals surface area contributed by atoms with E-state index in [-0.39, 0.29) is 11.7 Å². The molecule has 1 amide bonds. The Kier molecular flexibility index (Phi) is 4.31. The normalized spacial score (nSPS) is 12.4. The number of ether oxygens (including phenoxy) is 1. The zero-order valence-corrected chi connectivity index (χ0v) is 8.57. The van der Waals surface area contributed by atoms with Crippen LogP contribution in [0.3, 0.4) is 0 Å². The van der Waals surface area contributed by atoms with Crippen molar-refractivity contribution in [2.45, 2.75) is 19.9 Å². The van der Waals surface area contributed by atoms with Crippen molar-refractivity contribution < 1.29 is 14.6 Å². The highest BCUT2D eigenvalue weighted by Crippen LogP contribution is 2.15. The van der Waals surface area contributed by atoms with Gasteiger partial charge in [0.25, 0.3) is 0 Å². The van der Waals surface area contributed by atoms with Crippen LogP contribution in [0.5, 0.6) is 0 Å². The van der Waals surface area contributed by atoms with Gasteiger partial charge in [-0.3, -0.25) is 0 Å². The summed E-state index contributed by atoms with van der Waals surface area (Å²) >= 11 is 0. The molecule has 0 fully saturated rings. The summed E-state index contributed by atoms with van der Waals surface area (Å²) in [5.74, 6) is 0.0736. The summed E-state index contributed by atoms with van der Waals surface area (Å²) in [4.78, 5) is 12.4. The van der Waals surface area contributed by atoms with Gasteiger partial charge in [-0.25, -0.2) is 4.79 Å². The number of nitrogens with zero attached hydrogens (tertiary/aromatic N) is 1. The minimum absolute atomic E-state index is 0.0251. The number of hydrogen-bond acceptors (Lipinski definition) is 3. The van der Waals surface area contributed by atoms with Gasteiger partial charge >= 0.3 is 6.09 Å². The lowest BCUT2D eigenvalue weighted by Crippen LogP contribution is -2.41. The molecule has 0 aliphatic heterocycles. The lowest BCUT2D eigenvalue weighted by Gasteiger charge is -2.28. The number of rotatable bonds is 3. The van der Waals surface area contributed by atoms with Gasteiger partial charge in [-0.1, -0.05) is 20.4 Å². The number of likely N-dealkylation sites (N-methyl/N-ethyl adjacent to an activating group) is 1. The van der Waals surface area contributed by atoms with E-state index in [1.807, 2.05) is 13.8 Å². The van der Waals surface area contributed by atoms with E-state index in [1.165, 1.54) is 12.0 Å². The second kappa shape index (κ2) is 4.74. The molecule has 0 aromatic rings. The molecule has 0 aliphatic rings. The summed E-state index contributed by atoms with van der Waals surface area (Å²) in [5.41, 5.74) is 0. The summed E-state index contributed by atoms with van der Waals surface area (Å²) < 4.78 is 4.53. The molecule has 0 spiro atoms. The fourth-order valence-electron chi connectivity index (χ4n) is 1.31. The van der Waals surface area contributed by atoms with Crippen LogP contribution >= 0.6 is 0 Å². The average molecular weight is 187 g/mol. The van der Waals surface area contributed by atoms with Crippen LogP contribution in [-0.2, 0) is 4.74 Å². The smallest absolute Gasteiger partial charge is 0.409 e. The number of aliphatic hydroxyl groups excluding tert-OH is 1. The zero-order valence-electron chi connectivity index (χ0n) is 8.57. The monoisotopic (exact) mass is 187 g/mol. The maximum Gasteiger partial charge on any atom is 0.409 e. The first-order chi connectivity index (χ1) is 5.91. The third-order valence-corrected chi connectivity index (χ3v) is 1.85. The van der Waals surface area contributed by atoms with E-state index in [0.717, 1.165) is 0 Å². The largest absolute Gasteiger partial charge is 0.511 e. The van der Waals surface area contributed by atoms with Crippen molar-refractivity contribution in [3.63, 3.8) is 0 Å². The van der Waals surface area contributed by atoms with E-state index in [4.69, 9.17) is 0 Å². The second-order valence-electron chi connectivity index (χ2n) is 3.26. The summed E-state index contributed by atoms with van der Waals surface area (Å²) in [6.07, 6.45) is -0.478. The first-order valence-electron chi connectivity index (χ1n) is 4.10. The third kappa shape index (κ3) is 2.97. The molecule has 4 nitrogen and oxygen atoms in total. The Morgan fingerprint density at radius 3 is 2.23 bits per heavy atom. The quantitative estimate of drug-likeness (QED) is 0.685. The molecule has 0 rings (SSSR count). The van der Waals surface area contributed by atoms with Crippen molar-refractivity contribution in [1.29, 1.82) is 0 Å². The molecule has 0 aromatic heterocycles. The van der Waals surface area contributed by atoms with E-state index in [9.17, 15) is 9.90 Å². The van der Waals surface area contributed by atoms with E-state index in [0.29, 0.717) is 0 Å². The van der Waals surface area contributed by atoms with Crippen LogP contribution in [0, 0.1) is 5.92 Å². The molecule has 1 N–H and O–H groups in total. The van der Waals surface area contributed by atoms with Crippen LogP contribution in [0.1, 0.15) is 13.8 Å². The summed E-state index contributed by atoms with van der Waals surface area (Å²) in [7, 11) is 2.87. The van der Waals surface area contributed by atoms with Gasteiger partial charge in [0.1, 0.15) is 5.76 Å². The van der Waals surface area contributed by atoms with E-state index < -0.39 is 12.1 Å². The van der Waals surface area contributed by atoms with E-state index >= 15 is 0 Å². The lowest BCUT2D eigenvalue weighted by atomic mass is 10.0. The van der Waals surface area contributed by atoms with Crippen molar-refractivity contribution in [1.82, 2.24) is 4.90 Å². The van der Waals surface area contributed by atoms with Gasteiger partial charge in [0, 0.05) is 7.05 Å². The Morgan fingerprint density at radius 1 is 1.54 bits per heavy atom. The Bertz CT molecular complexity index is 201. The number of methoxy groups -OCH3 is 1. The van der Waals surface area contributed by atoms with Crippen LogP contribution in [-0.4, -0.2) is 36.3 Å². The summed E-state index contributed by atoms with van der Waals surface area (Å²) in [5, 5.41) is 9.25. The number of amides is 1. The molecule has 0 aromatic carbocycles. The minimum Gasteiger partial charge on any atom is -0.511 e. The Hall–Kier alpha value is -1.19. The number of hydrogen-bond donors (Lipinski definition) is 1. The molecule has 1 atom stereocenters. The number of aliphatic hydroxyl groups is 1. The molecule has 76 valence electrons. The van der Waals surface area contributed by atoms with Crippen LogP contribution in [0.15, 0.2) is 12.3 Å². The SMILES string of the molecule is C=C(O)[C@H](C(C)C)N(C)C(=O)OC. The van der Waals surface area contributed by atoms with Crippen molar-refractivity contribution in [3.8, 4) is 0 Å². The van der Waals surface area contributed by atoms with E-state index in [2.05, 4.69) is 11.3 Å². The fourth-order valence-corrected chi connectivity index (χ4v) is 1.31. The van der Waals surface area contributed by atoms with Crippen molar-refractivity contribution in [2.75, 3.05) is 14.2 Å². The van der Waals surface area contributed by atoms with Gasteiger partial charge in [0.15, 0.2) is 0 Å². The highest BCUT2D eigenvalue weighted by molar-refractivity contribution is 5.67. The molecule has 0 unspecified atom stereocenters. The maximum atomic E-state index is 11.1. The Balaban J connectivity index is 4.55. The summed E-state index contributed by atoms with van der Waals surface area (Å²) in [6.45, 7) is 7.21. The van der Waals surface area contributed by atoms with Crippen molar-refractivity contribution >= 4 is 6.09 Å². The first kappa shape index (κ1) is 11.8. The highest BCUT2D eigenvalue weighted by Gasteiger charge is 2.25. The van der Waals surface area contributed by atoms with Gasteiger partial charge < -0.3 is 14.7 Å². The molecule has 0 bridgehead atoms. The van der Waals surface area contributed by atoms with Gasteiger partial charge in [0.2, 0.25) is 0 Å². The zero-order chi connectivity index (χ0) is 10.6. The fraction of sp³-hybridized carbons (Fsp3) is 0.667. The van der Waals surface area contributed by atoms with Crippen LogP contribution in [0.25, 0.3) is 0 Å². The number of carbonyl (C=O) groups is 1. The molecule has 0 saturated carbocycles. The van der Waals surface area contributed by atoms with Crippen LogP contribution < -0.4 is 0 Å². The maximum absolute atomic E-state index is 11.1. The van der Waals surface area contributed by atoms with Crippen molar-refractivity contribution in [2.24, 2.45) is 5.92 Å². The standard InChI is InChI=1S/C9H17NO3/c1-6(2)8(7(3)11)10(4)9(12)13-5/h6,8,11H,3H2,1-2,4-5H3/t8-/m0/s1. The molecular weight excluding hydrogens is 170 g/mol. The Labute approximate surface area is 78.8 Å². The van der Waals surface area contributed by atoms with Crippen molar-refractivity contribution in [3.05, 3.63) is 12.3 Å². The predicted octanol–water partition coefficient (Wildman–Crippen LogP) is 1.78. The van der Waals surface area contributed by atoms with Gasteiger partial charge in [-0.05, 0) is 5.92 Å². The molecule has 0 aliphatic carbocycles. The number of carbonyl (C=O) groups excluding carboxylic acids is 1. The molecule has 4 heteroatoms. The predicted molar refractivity (Wildman–Crippen MR) is 50.6 cm³/mol. The van der Waals surface area contributed by atoms with Gasteiger partial charge in [-0.2, -0.15) is 0 Å². The second-order valence-corrected chi connectivity index (χ2v) is 3.26. The average Bonchev–Trinajstić information content (AvgIpc) is 2.01. The first-order valence-corrected chi connectivity index (χ1v) is 4.10. The highest BCUT2D eigenvalue weighted by atomic mass is 16.5. The molecule has 0 saturated heterocycles. The minimum atomic E-state index is -0.478. The molecule has 0 heterocycles. The van der Waals surface area contributed by atoms with Gasteiger partial charge in [-0.15, -0.1) is 0 Å². The molecule has 13 heavy (non-hydrogen) atoms. The topological polar surface area (TPSA) is 49.8 Å². The third-order valence-electron chi connectivity index (χ3n) is 1.85. The Morgan fingerprint density at radius 2 is 2.00 bits per heavy atom. The molecule has 0 radical (unpaired) electrons. The van der Waals surface area contributed by atoms with Crippen LogP contribution in [0.4, 0.5) is 4.79 Å². The van der Waals surface area contributed by atoms with Gasteiger partial charge in [0.05, 0.1) is 13.2 Å². The van der Waals surface area contributed by atoms with Crippen LogP contribution in [0.2, 0.25) is 0 Å². The molecular formula is C9H17NO3. The van der Waals surface area contributed by atoms with E-state index in [1.54, 1.807) is 7.05 Å². The lowest BCUT2D eigenvalue weighted by molar-refractivity contribution is 0.103.